The summed E-state index contributed by atoms with van der Waals surface area (Å²) in [4.78, 5) is 11.4. The van der Waals surface area contributed by atoms with Crippen molar-refractivity contribution in [3.63, 3.8) is 0 Å². The number of anilines is 2. The number of hydrogen-bond acceptors (Lipinski definition) is 5. The van der Waals surface area contributed by atoms with Gasteiger partial charge in [0.05, 0.1) is 17.1 Å². The Morgan fingerprint density at radius 2 is 2.00 bits per heavy atom. The van der Waals surface area contributed by atoms with E-state index in [2.05, 4.69) is 15.4 Å². The fraction of sp³-hybridized carbons (Fsp3) is 0.364. The molecule has 0 aliphatic rings. The van der Waals surface area contributed by atoms with E-state index in [4.69, 9.17) is 5.73 Å². The molecule has 0 aliphatic carbocycles. The highest BCUT2D eigenvalue weighted by Gasteiger charge is 2.08. The van der Waals surface area contributed by atoms with Crippen molar-refractivity contribution in [3.05, 3.63) is 23.8 Å². The maximum atomic E-state index is 11.4. The second-order valence-corrected chi connectivity index (χ2v) is 5.88. The summed E-state index contributed by atoms with van der Waals surface area (Å²) < 4.78 is 24.7. The number of nitrogen functional groups attached to an aromatic ring is 1. The van der Waals surface area contributed by atoms with Gasteiger partial charge in [-0.3, -0.25) is 4.79 Å². The van der Waals surface area contributed by atoms with Gasteiger partial charge < -0.3 is 16.4 Å². The number of carbonyl (C=O) groups is 1. The van der Waals surface area contributed by atoms with E-state index < -0.39 is 10.0 Å². The van der Waals surface area contributed by atoms with E-state index in [-0.39, 0.29) is 18.2 Å². The molecular formula is C11H18N4O3S. The molecule has 0 saturated heterocycles. The Kier molecular flexibility index (Phi) is 5.13. The highest BCUT2D eigenvalue weighted by Crippen LogP contribution is 2.19. The maximum absolute atomic E-state index is 11.4. The molecule has 1 rings (SSSR count). The Hall–Kier alpha value is -1.80. The summed E-state index contributed by atoms with van der Waals surface area (Å²) in [6, 6.07) is 4.80. The van der Waals surface area contributed by atoms with Gasteiger partial charge in [0.25, 0.3) is 5.91 Å². The third-order valence-electron chi connectivity index (χ3n) is 2.54. The lowest BCUT2D eigenvalue weighted by atomic mass is 10.1. The molecule has 7 nitrogen and oxygen atoms in total. The molecule has 0 fully saturated rings. The highest BCUT2D eigenvalue weighted by atomic mass is 32.2. The number of benzene rings is 1. The van der Waals surface area contributed by atoms with Crippen LogP contribution in [0.15, 0.2) is 18.2 Å². The molecule has 0 aromatic heterocycles. The quantitative estimate of drug-likeness (QED) is 0.531. The zero-order valence-electron chi connectivity index (χ0n) is 10.9. The van der Waals surface area contributed by atoms with Crippen LogP contribution < -0.4 is 21.1 Å². The molecule has 19 heavy (non-hydrogen) atoms. The molecule has 1 aromatic rings. The number of sulfonamides is 1. The summed E-state index contributed by atoms with van der Waals surface area (Å²) in [5, 5.41) is 5.41. The maximum Gasteiger partial charge on any atom is 0.251 e. The van der Waals surface area contributed by atoms with Crippen LogP contribution in [0.5, 0.6) is 0 Å². The molecular weight excluding hydrogens is 268 g/mol. The molecule has 0 radical (unpaired) electrons. The average Bonchev–Trinajstić information content (AvgIpc) is 2.39. The first-order chi connectivity index (χ1) is 8.89. The van der Waals surface area contributed by atoms with Crippen LogP contribution >= 0.6 is 0 Å². The molecule has 0 heterocycles. The van der Waals surface area contributed by atoms with Crippen LogP contribution in [0.25, 0.3) is 0 Å². The molecule has 8 heteroatoms. The molecule has 0 bridgehead atoms. The highest BCUT2D eigenvalue weighted by molar-refractivity contribution is 7.89. The third-order valence-corrected chi connectivity index (χ3v) is 3.90. The Labute approximate surface area is 112 Å². The second-order valence-electron chi connectivity index (χ2n) is 3.83. The SMILES string of the molecule is CNC(=O)c1ccc(NCCS(=O)(=O)NC)c(N)c1. The van der Waals surface area contributed by atoms with Crippen molar-refractivity contribution in [3.8, 4) is 0 Å². The molecule has 0 saturated carbocycles. The van der Waals surface area contributed by atoms with E-state index >= 15 is 0 Å². The van der Waals surface area contributed by atoms with E-state index in [1.807, 2.05) is 0 Å². The lowest BCUT2D eigenvalue weighted by molar-refractivity contribution is 0.0963. The topological polar surface area (TPSA) is 113 Å². The van der Waals surface area contributed by atoms with Crippen molar-refractivity contribution < 1.29 is 13.2 Å². The lowest BCUT2D eigenvalue weighted by Gasteiger charge is -2.10. The summed E-state index contributed by atoms with van der Waals surface area (Å²) in [6.45, 7) is 0.229. The lowest BCUT2D eigenvalue weighted by Crippen LogP contribution is -2.26. The van der Waals surface area contributed by atoms with E-state index in [1.165, 1.54) is 20.2 Å². The first kappa shape index (κ1) is 15.3. The molecule has 1 aromatic carbocycles. The van der Waals surface area contributed by atoms with Crippen LogP contribution in [0.2, 0.25) is 0 Å². The van der Waals surface area contributed by atoms with Crippen LogP contribution in [0.4, 0.5) is 11.4 Å². The van der Waals surface area contributed by atoms with Crippen LogP contribution in [-0.2, 0) is 10.0 Å². The Balaban J connectivity index is 2.68. The third kappa shape index (κ3) is 4.42. The molecule has 0 unspecified atom stereocenters. The Morgan fingerprint density at radius 1 is 1.32 bits per heavy atom. The molecule has 0 atom stereocenters. The first-order valence-corrected chi connectivity index (χ1v) is 7.31. The summed E-state index contributed by atoms with van der Waals surface area (Å²) >= 11 is 0. The van der Waals surface area contributed by atoms with Gasteiger partial charge in [-0.05, 0) is 25.2 Å². The molecule has 0 spiro atoms. The fourth-order valence-electron chi connectivity index (χ4n) is 1.43. The van der Waals surface area contributed by atoms with Crippen molar-refractivity contribution in [1.82, 2.24) is 10.0 Å². The number of carbonyl (C=O) groups excluding carboxylic acids is 1. The van der Waals surface area contributed by atoms with Gasteiger partial charge in [-0.1, -0.05) is 0 Å². The van der Waals surface area contributed by atoms with Gasteiger partial charge in [0.1, 0.15) is 0 Å². The summed E-state index contributed by atoms with van der Waals surface area (Å²) in [7, 11) is -0.348. The standard InChI is InChI=1S/C11H18N4O3S/c1-13-11(16)8-3-4-10(9(12)7-8)15-5-6-19(17,18)14-2/h3-4,7,14-15H,5-6,12H2,1-2H3,(H,13,16). The van der Waals surface area contributed by atoms with Gasteiger partial charge in [-0.15, -0.1) is 0 Å². The predicted molar refractivity (Wildman–Crippen MR) is 75.6 cm³/mol. The van der Waals surface area contributed by atoms with Gasteiger partial charge >= 0.3 is 0 Å². The molecule has 106 valence electrons. The van der Waals surface area contributed by atoms with Crippen molar-refractivity contribution in [1.29, 1.82) is 0 Å². The minimum atomic E-state index is -3.25. The van der Waals surface area contributed by atoms with E-state index in [0.717, 1.165) is 0 Å². The van der Waals surface area contributed by atoms with Crippen LogP contribution in [0, 0.1) is 0 Å². The van der Waals surface area contributed by atoms with Crippen LogP contribution in [-0.4, -0.2) is 40.7 Å². The zero-order valence-corrected chi connectivity index (χ0v) is 11.7. The smallest absolute Gasteiger partial charge is 0.251 e. The summed E-state index contributed by atoms with van der Waals surface area (Å²) in [5.74, 6) is -0.281. The average molecular weight is 286 g/mol. The number of nitrogens with two attached hydrogens (primary N) is 1. The van der Waals surface area contributed by atoms with Crippen LogP contribution in [0.1, 0.15) is 10.4 Å². The molecule has 0 aliphatic heterocycles. The zero-order chi connectivity index (χ0) is 14.5. The monoisotopic (exact) mass is 286 g/mol. The minimum Gasteiger partial charge on any atom is -0.397 e. The van der Waals surface area contributed by atoms with Gasteiger partial charge in [0.2, 0.25) is 10.0 Å². The Bertz CT molecular complexity index is 557. The predicted octanol–water partition coefficient (Wildman–Crippen LogP) is -0.410. The largest absolute Gasteiger partial charge is 0.397 e. The van der Waals surface area contributed by atoms with Crippen molar-refractivity contribution in [2.75, 3.05) is 37.4 Å². The van der Waals surface area contributed by atoms with Crippen LogP contribution in [0.3, 0.4) is 0 Å². The Morgan fingerprint density at radius 3 is 2.53 bits per heavy atom. The van der Waals surface area contributed by atoms with Crippen molar-refractivity contribution >= 4 is 27.3 Å². The van der Waals surface area contributed by atoms with E-state index in [0.29, 0.717) is 16.9 Å². The number of hydrogen-bond donors (Lipinski definition) is 4. The fourth-order valence-corrected chi connectivity index (χ4v) is 2.01. The van der Waals surface area contributed by atoms with Gasteiger partial charge in [-0.2, -0.15) is 0 Å². The van der Waals surface area contributed by atoms with Gasteiger partial charge in [0.15, 0.2) is 0 Å². The number of rotatable bonds is 6. The van der Waals surface area contributed by atoms with E-state index in [1.54, 1.807) is 12.1 Å². The van der Waals surface area contributed by atoms with Crippen molar-refractivity contribution in [2.24, 2.45) is 0 Å². The van der Waals surface area contributed by atoms with E-state index in [9.17, 15) is 13.2 Å². The molecule has 5 N–H and O–H groups in total. The number of amides is 1. The normalized spacial score (nSPS) is 11.1. The second kappa shape index (κ2) is 6.39. The molecule has 1 amide bonds. The van der Waals surface area contributed by atoms with Gasteiger partial charge in [0, 0.05) is 19.2 Å². The summed E-state index contributed by atoms with van der Waals surface area (Å²) in [6.07, 6.45) is 0. The minimum absolute atomic E-state index is 0.0554. The number of nitrogens with one attached hydrogen (secondary N) is 3. The van der Waals surface area contributed by atoms with Crippen molar-refractivity contribution in [2.45, 2.75) is 0 Å². The van der Waals surface area contributed by atoms with Gasteiger partial charge in [-0.25, -0.2) is 13.1 Å². The first-order valence-electron chi connectivity index (χ1n) is 5.66. The summed E-state index contributed by atoms with van der Waals surface area (Å²) in [5.41, 5.74) is 7.23.